The fourth-order valence-corrected chi connectivity index (χ4v) is 4.88. The number of furan rings is 1. The number of amides is 1. The Hall–Kier alpha value is -3.01. The van der Waals surface area contributed by atoms with E-state index in [0.717, 1.165) is 36.6 Å². The first-order chi connectivity index (χ1) is 14.8. The topological polar surface area (TPSA) is 85.4 Å². The minimum absolute atomic E-state index is 0.0419. The second-order valence-electron chi connectivity index (χ2n) is 7.39. The molecule has 1 amide bonds. The summed E-state index contributed by atoms with van der Waals surface area (Å²) in [5.41, 5.74) is 2.60. The van der Waals surface area contributed by atoms with Gasteiger partial charge in [0, 0.05) is 12.7 Å². The maximum absolute atomic E-state index is 13.4. The molecule has 0 N–H and O–H groups in total. The molecule has 0 saturated carbocycles. The Kier molecular flexibility index (Phi) is 5.65. The maximum atomic E-state index is 13.4. The van der Waals surface area contributed by atoms with Gasteiger partial charge in [0.1, 0.15) is 5.76 Å². The normalized spacial score (nSPS) is 13.5. The third-order valence-electron chi connectivity index (χ3n) is 5.41. The van der Waals surface area contributed by atoms with Crippen molar-refractivity contribution in [3.8, 4) is 0 Å². The highest BCUT2D eigenvalue weighted by molar-refractivity contribution is 7.91. The van der Waals surface area contributed by atoms with Crippen LogP contribution >= 0.6 is 0 Å². The molecule has 0 spiro atoms. The Balaban J connectivity index is 1.73. The van der Waals surface area contributed by atoms with E-state index in [4.69, 9.17) is 4.42 Å². The Morgan fingerprint density at radius 1 is 1.19 bits per heavy atom. The third-order valence-corrected chi connectivity index (χ3v) is 6.85. The van der Waals surface area contributed by atoms with E-state index in [9.17, 15) is 22.0 Å². The average molecular weight is 449 g/mol. The average Bonchev–Trinajstić information content (AvgIpc) is 3.48. The molecule has 0 fully saturated rings. The number of fused-ring (bicyclic) bond motifs is 1. The van der Waals surface area contributed by atoms with Crippen LogP contribution in [0.15, 0.2) is 52.0 Å². The Morgan fingerprint density at radius 3 is 2.68 bits per heavy atom. The van der Waals surface area contributed by atoms with Crippen molar-refractivity contribution in [2.24, 2.45) is 7.05 Å². The van der Waals surface area contributed by atoms with Crippen LogP contribution in [0.4, 0.5) is 8.78 Å². The molecule has 10 heteroatoms. The van der Waals surface area contributed by atoms with Crippen molar-refractivity contribution < 1.29 is 26.4 Å². The Labute approximate surface area is 178 Å². The molecule has 1 aliphatic carbocycles. The minimum Gasteiger partial charge on any atom is -0.467 e. The predicted octanol–water partition coefficient (Wildman–Crippen LogP) is 3.34. The maximum Gasteiger partial charge on any atom is 0.341 e. The molecule has 0 unspecified atom stereocenters. The first-order valence-corrected chi connectivity index (χ1v) is 11.3. The lowest BCUT2D eigenvalue weighted by Gasteiger charge is -2.22. The van der Waals surface area contributed by atoms with Crippen molar-refractivity contribution in [2.45, 2.75) is 43.0 Å². The summed E-state index contributed by atoms with van der Waals surface area (Å²) < 4.78 is 57.9. The molecule has 0 radical (unpaired) electrons. The van der Waals surface area contributed by atoms with Gasteiger partial charge in [-0.25, -0.2) is 8.42 Å². The van der Waals surface area contributed by atoms with Gasteiger partial charge < -0.3 is 9.32 Å². The second-order valence-corrected chi connectivity index (χ2v) is 9.28. The molecule has 0 aliphatic heterocycles. The summed E-state index contributed by atoms with van der Waals surface area (Å²) in [4.78, 5) is 14.1. The third kappa shape index (κ3) is 3.99. The van der Waals surface area contributed by atoms with Crippen molar-refractivity contribution in [3.63, 3.8) is 0 Å². The van der Waals surface area contributed by atoms with Crippen LogP contribution in [0.5, 0.6) is 0 Å². The molecular weight excluding hydrogens is 428 g/mol. The monoisotopic (exact) mass is 449 g/mol. The number of hydrogen-bond acceptors (Lipinski definition) is 5. The molecule has 2 aromatic heterocycles. The standard InChI is InChI=1S/C21H21F2N3O4S/c1-25-18-9-4-8-15(18)17(24-25)13-26(12-14-6-5-11-30-14)20(27)16-7-2-3-10-19(16)31(28,29)21(22)23/h2-3,5-7,10-11,21H,4,8-9,12-13H2,1H3. The van der Waals surface area contributed by atoms with E-state index in [1.165, 1.54) is 29.4 Å². The highest BCUT2D eigenvalue weighted by Gasteiger charge is 2.33. The van der Waals surface area contributed by atoms with E-state index in [-0.39, 0.29) is 18.7 Å². The Morgan fingerprint density at radius 2 is 1.97 bits per heavy atom. The molecule has 1 aromatic carbocycles. The van der Waals surface area contributed by atoms with Gasteiger partial charge >= 0.3 is 5.76 Å². The summed E-state index contributed by atoms with van der Waals surface area (Å²) in [5, 5.41) is 4.53. The number of nitrogens with zero attached hydrogens (tertiary/aromatic N) is 3. The van der Waals surface area contributed by atoms with Gasteiger partial charge in [-0.2, -0.15) is 13.9 Å². The molecule has 164 valence electrons. The smallest absolute Gasteiger partial charge is 0.341 e. The van der Waals surface area contributed by atoms with Gasteiger partial charge in [-0.1, -0.05) is 12.1 Å². The largest absolute Gasteiger partial charge is 0.467 e. The van der Waals surface area contributed by atoms with Gasteiger partial charge in [0.05, 0.1) is 35.5 Å². The number of halogens is 2. The fraction of sp³-hybridized carbons (Fsp3) is 0.333. The quantitative estimate of drug-likeness (QED) is 0.552. The highest BCUT2D eigenvalue weighted by atomic mass is 32.2. The predicted molar refractivity (Wildman–Crippen MR) is 107 cm³/mol. The molecular formula is C21H21F2N3O4S. The lowest BCUT2D eigenvalue weighted by atomic mass is 10.1. The summed E-state index contributed by atoms with van der Waals surface area (Å²) in [5.74, 6) is -3.83. The Bertz CT molecular complexity index is 1200. The van der Waals surface area contributed by atoms with Gasteiger partial charge in [-0.15, -0.1) is 0 Å². The van der Waals surface area contributed by atoms with Crippen molar-refractivity contribution >= 4 is 15.7 Å². The van der Waals surface area contributed by atoms with E-state index in [2.05, 4.69) is 5.10 Å². The summed E-state index contributed by atoms with van der Waals surface area (Å²) in [6, 6.07) is 8.39. The number of aromatic nitrogens is 2. The number of sulfone groups is 1. The van der Waals surface area contributed by atoms with Crippen LogP contribution in [0.1, 0.15) is 39.5 Å². The van der Waals surface area contributed by atoms with Crippen LogP contribution in [0.2, 0.25) is 0 Å². The minimum atomic E-state index is -4.95. The molecule has 0 saturated heterocycles. The van der Waals surface area contributed by atoms with E-state index >= 15 is 0 Å². The van der Waals surface area contributed by atoms with Gasteiger partial charge in [0.2, 0.25) is 9.84 Å². The number of benzene rings is 1. The number of rotatable bonds is 7. The lowest BCUT2D eigenvalue weighted by molar-refractivity contribution is 0.0710. The van der Waals surface area contributed by atoms with E-state index in [1.54, 1.807) is 16.8 Å². The van der Waals surface area contributed by atoms with Crippen molar-refractivity contribution in [2.75, 3.05) is 0 Å². The van der Waals surface area contributed by atoms with Crippen LogP contribution in [0.3, 0.4) is 0 Å². The van der Waals surface area contributed by atoms with Gasteiger partial charge in [-0.05, 0) is 49.1 Å². The molecule has 31 heavy (non-hydrogen) atoms. The van der Waals surface area contributed by atoms with Gasteiger partial charge in [-0.3, -0.25) is 9.48 Å². The summed E-state index contributed by atoms with van der Waals surface area (Å²) >= 11 is 0. The van der Waals surface area contributed by atoms with Crippen LogP contribution in [-0.4, -0.2) is 34.8 Å². The zero-order valence-corrected chi connectivity index (χ0v) is 17.6. The summed E-state index contributed by atoms with van der Waals surface area (Å²) in [6.45, 7) is 0.145. The van der Waals surface area contributed by atoms with Gasteiger partial charge in [0.15, 0.2) is 0 Å². The van der Waals surface area contributed by atoms with Crippen molar-refractivity contribution in [3.05, 3.63) is 70.9 Å². The number of carbonyl (C=O) groups excluding carboxylic acids is 1. The van der Waals surface area contributed by atoms with Crippen LogP contribution < -0.4 is 0 Å². The van der Waals surface area contributed by atoms with Crippen molar-refractivity contribution in [1.29, 1.82) is 0 Å². The number of hydrogen-bond donors (Lipinski definition) is 0. The number of carbonyl (C=O) groups is 1. The molecule has 1 aliphatic rings. The molecule has 3 aromatic rings. The fourth-order valence-electron chi connectivity index (χ4n) is 3.95. The first kappa shape index (κ1) is 21.2. The molecule has 0 bridgehead atoms. The zero-order chi connectivity index (χ0) is 22.2. The molecule has 4 rings (SSSR count). The summed E-state index contributed by atoms with van der Waals surface area (Å²) in [7, 11) is -3.11. The first-order valence-electron chi connectivity index (χ1n) is 9.75. The molecule has 2 heterocycles. The van der Waals surface area contributed by atoms with Crippen molar-refractivity contribution in [1.82, 2.24) is 14.7 Å². The highest BCUT2D eigenvalue weighted by Crippen LogP contribution is 2.28. The molecule has 0 atom stereocenters. The van der Waals surface area contributed by atoms with Crippen LogP contribution in [-0.2, 0) is 42.8 Å². The molecule has 7 nitrogen and oxygen atoms in total. The van der Waals surface area contributed by atoms with E-state index in [0.29, 0.717) is 11.5 Å². The van der Waals surface area contributed by atoms with Crippen LogP contribution in [0, 0.1) is 0 Å². The second kappa shape index (κ2) is 8.26. The van der Waals surface area contributed by atoms with Gasteiger partial charge in [0.25, 0.3) is 5.91 Å². The summed E-state index contributed by atoms with van der Waals surface area (Å²) in [6.07, 6.45) is 4.21. The SMILES string of the molecule is Cn1nc(CN(Cc2ccco2)C(=O)c2ccccc2S(=O)(=O)C(F)F)c2c1CCC2. The van der Waals surface area contributed by atoms with Crippen LogP contribution in [0.25, 0.3) is 0 Å². The number of aryl methyl sites for hydroxylation is 1. The zero-order valence-electron chi connectivity index (χ0n) is 16.8. The van der Waals surface area contributed by atoms with E-state index in [1.807, 2.05) is 7.05 Å². The lowest BCUT2D eigenvalue weighted by Crippen LogP contribution is -2.32. The van der Waals surface area contributed by atoms with E-state index < -0.39 is 26.4 Å². The number of alkyl halides is 2.